The van der Waals surface area contributed by atoms with Gasteiger partial charge >= 0.3 is 0 Å². The Morgan fingerprint density at radius 3 is 1.95 bits per heavy atom. The number of hydrogen-bond acceptors (Lipinski definition) is 3. The topological polar surface area (TPSA) is 24.7 Å². The molecule has 0 N–H and O–H groups in total. The summed E-state index contributed by atoms with van der Waals surface area (Å²) < 4.78 is 0. The monoisotopic (exact) mass is 304 g/mol. The third-order valence-electron chi connectivity index (χ3n) is 3.33. The van der Waals surface area contributed by atoms with Crippen molar-refractivity contribution in [3.63, 3.8) is 0 Å². The molecule has 22 heavy (non-hydrogen) atoms. The molecule has 3 rings (SSSR count). The fourth-order valence-corrected chi connectivity index (χ4v) is 2.91. The molecule has 0 fully saturated rings. The SMILES string of the molecule is Cc1ccsc1/C=N/N=C(c1ccccc1)c1ccccc1. The van der Waals surface area contributed by atoms with Crippen LogP contribution in [-0.4, -0.2) is 11.9 Å². The highest BCUT2D eigenvalue weighted by Gasteiger charge is 2.05. The van der Waals surface area contributed by atoms with Gasteiger partial charge in [0, 0.05) is 11.1 Å². The number of thiophene rings is 1. The molecule has 0 radical (unpaired) electrons. The van der Waals surface area contributed by atoms with E-state index in [9.17, 15) is 0 Å². The third kappa shape index (κ3) is 3.38. The summed E-state index contributed by atoms with van der Waals surface area (Å²) in [5, 5.41) is 10.8. The maximum absolute atomic E-state index is 4.47. The van der Waals surface area contributed by atoms with Crippen molar-refractivity contribution in [2.45, 2.75) is 6.92 Å². The lowest BCUT2D eigenvalue weighted by atomic mass is 10.0. The van der Waals surface area contributed by atoms with Crippen LogP contribution in [0.3, 0.4) is 0 Å². The third-order valence-corrected chi connectivity index (χ3v) is 4.28. The Balaban J connectivity index is 1.97. The van der Waals surface area contributed by atoms with E-state index in [1.807, 2.05) is 42.6 Å². The van der Waals surface area contributed by atoms with Gasteiger partial charge in [0.25, 0.3) is 0 Å². The standard InChI is InChI=1S/C19H16N2S/c1-15-12-13-22-18(15)14-20-21-19(16-8-4-2-5-9-16)17-10-6-3-7-11-17/h2-14H,1H3/b20-14+. The first-order chi connectivity index (χ1) is 10.8. The van der Waals surface area contributed by atoms with Crippen LogP contribution in [-0.2, 0) is 0 Å². The van der Waals surface area contributed by atoms with Crippen LogP contribution in [0.2, 0.25) is 0 Å². The van der Waals surface area contributed by atoms with Crippen molar-refractivity contribution in [2.24, 2.45) is 10.2 Å². The normalized spacial score (nSPS) is 10.8. The zero-order valence-corrected chi connectivity index (χ0v) is 13.1. The molecule has 2 aromatic carbocycles. The van der Waals surface area contributed by atoms with Gasteiger partial charge in [-0.3, -0.25) is 0 Å². The molecule has 3 aromatic rings. The van der Waals surface area contributed by atoms with Gasteiger partial charge in [0.05, 0.1) is 11.1 Å². The van der Waals surface area contributed by atoms with Crippen molar-refractivity contribution in [2.75, 3.05) is 0 Å². The Morgan fingerprint density at radius 2 is 1.45 bits per heavy atom. The van der Waals surface area contributed by atoms with Crippen molar-refractivity contribution in [3.8, 4) is 0 Å². The molecule has 0 aliphatic heterocycles. The minimum atomic E-state index is 0.881. The van der Waals surface area contributed by atoms with Crippen LogP contribution in [0.25, 0.3) is 0 Å². The molecule has 0 saturated carbocycles. The van der Waals surface area contributed by atoms with E-state index in [1.54, 1.807) is 11.3 Å². The molecular weight excluding hydrogens is 288 g/mol. The number of rotatable bonds is 4. The quantitative estimate of drug-likeness (QED) is 0.482. The number of nitrogens with zero attached hydrogens (tertiary/aromatic N) is 2. The zero-order valence-electron chi connectivity index (χ0n) is 12.3. The van der Waals surface area contributed by atoms with Crippen molar-refractivity contribution >= 4 is 23.3 Å². The predicted octanol–water partition coefficient (Wildman–Crippen LogP) is 4.93. The number of hydrogen-bond donors (Lipinski definition) is 0. The highest BCUT2D eigenvalue weighted by atomic mass is 32.1. The summed E-state index contributed by atoms with van der Waals surface area (Å²) in [6.45, 7) is 2.08. The van der Waals surface area contributed by atoms with E-state index in [1.165, 1.54) is 5.56 Å². The van der Waals surface area contributed by atoms with Crippen molar-refractivity contribution in [1.29, 1.82) is 0 Å². The lowest BCUT2D eigenvalue weighted by Crippen LogP contribution is -2.02. The average Bonchev–Trinajstić information content (AvgIpc) is 2.98. The van der Waals surface area contributed by atoms with Crippen LogP contribution in [0.15, 0.2) is 82.3 Å². The number of benzene rings is 2. The van der Waals surface area contributed by atoms with Crippen LogP contribution < -0.4 is 0 Å². The minimum absolute atomic E-state index is 0.881. The fraction of sp³-hybridized carbons (Fsp3) is 0.0526. The summed E-state index contributed by atoms with van der Waals surface area (Å²) >= 11 is 1.67. The first-order valence-corrected chi connectivity index (χ1v) is 7.98. The second-order valence-electron chi connectivity index (χ2n) is 4.89. The molecule has 108 valence electrons. The molecule has 0 atom stereocenters. The maximum Gasteiger partial charge on any atom is 0.100 e. The molecule has 0 aliphatic rings. The first kappa shape index (κ1) is 14.4. The van der Waals surface area contributed by atoms with E-state index in [4.69, 9.17) is 0 Å². The average molecular weight is 304 g/mol. The second-order valence-corrected chi connectivity index (χ2v) is 5.84. The second kappa shape index (κ2) is 6.96. The van der Waals surface area contributed by atoms with Gasteiger partial charge < -0.3 is 0 Å². The van der Waals surface area contributed by atoms with Crippen LogP contribution in [0.4, 0.5) is 0 Å². The molecular formula is C19H16N2S. The van der Waals surface area contributed by atoms with Crippen molar-refractivity contribution < 1.29 is 0 Å². The molecule has 0 aliphatic carbocycles. The van der Waals surface area contributed by atoms with E-state index in [0.29, 0.717) is 0 Å². The van der Waals surface area contributed by atoms with Crippen LogP contribution >= 0.6 is 11.3 Å². The van der Waals surface area contributed by atoms with E-state index < -0.39 is 0 Å². The van der Waals surface area contributed by atoms with Gasteiger partial charge in [-0.2, -0.15) is 5.10 Å². The Hall–Kier alpha value is -2.52. The van der Waals surface area contributed by atoms with E-state index in [2.05, 4.69) is 52.8 Å². The van der Waals surface area contributed by atoms with Gasteiger partial charge in [0.1, 0.15) is 5.71 Å². The number of aryl methyl sites for hydroxylation is 1. The van der Waals surface area contributed by atoms with Crippen LogP contribution in [0.1, 0.15) is 21.6 Å². The highest BCUT2D eigenvalue weighted by Crippen LogP contribution is 2.14. The summed E-state index contributed by atoms with van der Waals surface area (Å²) in [5.41, 5.74) is 4.24. The molecule has 0 spiro atoms. The molecule has 1 aromatic heterocycles. The summed E-state index contributed by atoms with van der Waals surface area (Å²) in [4.78, 5) is 1.14. The molecule has 0 amide bonds. The van der Waals surface area contributed by atoms with E-state index >= 15 is 0 Å². The largest absolute Gasteiger partial charge is 0.157 e. The van der Waals surface area contributed by atoms with Gasteiger partial charge in [-0.15, -0.1) is 16.4 Å². The summed E-state index contributed by atoms with van der Waals surface area (Å²) in [5.74, 6) is 0. The van der Waals surface area contributed by atoms with E-state index in [-0.39, 0.29) is 0 Å². The highest BCUT2D eigenvalue weighted by molar-refractivity contribution is 7.11. The summed E-state index contributed by atoms with van der Waals surface area (Å²) in [6.07, 6.45) is 1.83. The lowest BCUT2D eigenvalue weighted by molar-refractivity contribution is 1.24. The van der Waals surface area contributed by atoms with Gasteiger partial charge in [0.2, 0.25) is 0 Å². The predicted molar refractivity (Wildman–Crippen MR) is 95.2 cm³/mol. The Bertz CT molecular complexity index is 745. The smallest absolute Gasteiger partial charge is 0.100 e. The minimum Gasteiger partial charge on any atom is -0.157 e. The zero-order chi connectivity index (χ0) is 15.2. The van der Waals surface area contributed by atoms with Crippen LogP contribution in [0, 0.1) is 6.92 Å². The van der Waals surface area contributed by atoms with Gasteiger partial charge in [0.15, 0.2) is 0 Å². The van der Waals surface area contributed by atoms with Gasteiger partial charge in [-0.05, 0) is 23.9 Å². The molecule has 3 heteroatoms. The Labute approximate surface area is 134 Å². The van der Waals surface area contributed by atoms with Crippen LogP contribution in [0.5, 0.6) is 0 Å². The maximum atomic E-state index is 4.47. The van der Waals surface area contributed by atoms with E-state index in [0.717, 1.165) is 21.7 Å². The Kier molecular flexibility index (Phi) is 4.56. The molecule has 0 unspecified atom stereocenters. The van der Waals surface area contributed by atoms with Crippen molar-refractivity contribution in [1.82, 2.24) is 0 Å². The van der Waals surface area contributed by atoms with Gasteiger partial charge in [-0.1, -0.05) is 60.7 Å². The Morgan fingerprint density at radius 1 is 0.864 bits per heavy atom. The molecule has 1 heterocycles. The fourth-order valence-electron chi connectivity index (χ4n) is 2.13. The van der Waals surface area contributed by atoms with Crippen molar-refractivity contribution in [3.05, 3.63) is 93.7 Å². The first-order valence-electron chi connectivity index (χ1n) is 7.10. The summed E-state index contributed by atoms with van der Waals surface area (Å²) in [7, 11) is 0. The summed E-state index contributed by atoms with van der Waals surface area (Å²) in [6, 6.07) is 22.4. The molecule has 2 nitrogen and oxygen atoms in total. The molecule has 0 bridgehead atoms. The lowest BCUT2D eigenvalue weighted by Gasteiger charge is -2.04. The van der Waals surface area contributed by atoms with Gasteiger partial charge in [-0.25, -0.2) is 0 Å². The molecule has 0 saturated heterocycles.